The Labute approximate surface area is 137 Å². The Morgan fingerprint density at radius 3 is 2.33 bits per heavy atom. The summed E-state index contributed by atoms with van der Waals surface area (Å²) in [6.07, 6.45) is 21.4. The lowest BCUT2D eigenvalue weighted by Gasteiger charge is -2.39. The SMILES string of the molecule is CSCCCCCCNC1CCCCC1C1CCCCC1. The van der Waals surface area contributed by atoms with Gasteiger partial charge in [0, 0.05) is 6.04 Å². The summed E-state index contributed by atoms with van der Waals surface area (Å²) in [6, 6.07) is 0.855. The van der Waals surface area contributed by atoms with Gasteiger partial charge in [-0.25, -0.2) is 0 Å². The first-order valence-corrected chi connectivity index (χ1v) is 11.0. The highest BCUT2D eigenvalue weighted by Crippen LogP contribution is 2.38. The van der Waals surface area contributed by atoms with Crippen LogP contribution in [0.15, 0.2) is 0 Å². The fraction of sp³-hybridized carbons (Fsp3) is 1.00. The highest BCUT2D eigenvalue weighted by molar-refractivity contribution is 7.98. The van der Waals surface area contributed by atoms with Crippen LogP contribution in [0, 0.1) is 11.8 Å². The summed E-state index contributed by atoms with van der Waals surface area (Å²) in [4.78, 5) is 0. The van der Waals surface area contributed by atoms with Crippen LogP contribution < -0.4 is 5.32 Å². The zero-order valence-electron chi connectivity index (χ0n) is 14.2. The molecule has 2 aliphatic rings. The standard InChI is InChI=1S/C19H37NS/c1-21-16-10-3-2-9-15-20-19-14-8-7-13-18(19)17-11-5-4-6-12-17/h17-20H,2-16H2,1H3. The van der Waals surface area contributed by atoms with E-state index < -0.39 is 0 Å². The molecule has 0 saturated heterocycles. The highest BCUT2D eigenvalue weighted by atomic mass is 32.2. The fourth-order valence-corrected chi connectivity index (χ4v) is 5.04. The first-order valence-electron chi connectivity index (χ1n) is 9.64. The van der Waals surface area contributed by atoms with Crippen LogP contribution in [0.4, 0.5) is 0 Å². The van der Waals surface area contributed by atoms with Crippen molar-refractivity contribution < 1.29 is 0 Å². The molecule has 2 aliphatic carbocycles. The van der Waals surface area contributed by atoms with Crippen molar-refractivity contribution >= 4 is 11.8 Å². The van der Waals surface area contributed by atoms with Crippen LogP contribution in [-0.2, 0) is 0 Å². The van der Waals surface area contributed by atoms with Gasteiger partial charge >= 0.3 is 0 Å². The van der Waals surface area contributed by atoms with E-state index >= 15 is 0 Å². The van der Waals surface area contributed by atoms with Crippen LogP contribution in [0.2, 0.25) is 0 Å². The smallest absolute Gasteiger partial charge is 0.00979 e. The molecular weight excluding hydrogens is 274 g/mol. The van der Waals surface area contributed by atoms with Crippen LogP contribution >= 0.6 is 11.8 Å². The molecule has 0 aromatic rings. The quantitative estimate of drug-likeness (QED) is 0.553. The largest absolute Gasteiger partial charge is 0.314 e. The molecule has 0 spiro atoms. The van der Waals surface area contributed by atoms with E-state index in [2.05, 4.69) is 11.6 Å². The van der Waals surface area contributed by atoms with E-state index in [1.165, 1.54) is 95.8 Å². The van der Waals surface area contributed by atoms with Crippen molar-refractivity contribution in [1.29, 1.82) is 0 Å². The van der Waals surface area contributed by atoms with Gasteiger partial charge < -0.3 is 5.32 Å². The zero-order valence-corrected chi connectivity index (χ0v) is 15.1. The third-order valence-corrected chi connectivity index (χ3v) is 6.45. The molecular formula is C19H37NS. The van der Waals surface area contributed by atoms with Gasteiger partial charge in [-0.3, -0.25) is 0 Å². The van der Waals surface area contributed by atoms with Gasteiger partial charge in [0.1, 0.15) is 0 Å². The first-order chi connectivity index (χ1) is 10.4. The predicted octanol–water partition coefficient (Wildman–Crippen LogP) is 5.64. The molecule has 0 heterocycles. The van der Waals surface area contributed by atoms with Gasteiger partial charge in [-0.2, -0.15) is 11.8 Å². The number of rotatable bonds is 9. The number of thioether (sulfide) groups is 1. The lowest BCUT2D eigenvalue weighted by Crippen LogP contribution is -2.42. The van der Waals surface area contributed by atoms with Gasteiger partial charge in [0.05, 0.1) is 0 Å². The van der Waals surface area contributed by atoms with Crippen molar-refractivity contribution in [3.63, 3.8) is 0 Å². The van der Waals surface area contributed by atoms with Crippen molar-refractivity contribution in [3.8, 4) is 0 Å². The molecule has 2 saturated carbocycles. The molecule has 2 unspecified atom stereocenters. The molecule has 0 aromatic heterocycles. The molecule has 0 aromatic carbocycles. The maximum atomic E-state index is 3.95. The fourth-order valence-electron chi connectivity index (χ4n) is 4.55. The Hall–Kier alpha value is 0.310. The van der Waals surface area contributed by atoms with Gasteiger partial charge in [-0.05, 0) is 56.1 Å². The molecule has 2 heteroatoms. The number of hydrogen-bond acceptors (Lipinski definition) is 2. The monoisotopic (exact) mass is 311 g/mol. The summed E-state index contributed by atoms with van der Waals surface area (Å²) >= 11 is 1.99. The van der Waals surface area contributed by atoms with Crippen LogP contribution in [0.25, 0.3) is 0 Å². The summed E-state index contributed by atoms with van der Waals surface area (Å²) in [5.74, 6) is 3.41. The summed E-state index contributed by atoms with van der Waals surface area (Å²) < 4.78 is 0. The summed E-state index contributed by atoms with van der Waals surface area (Å²) in [7, 11) is 0. The van der Waals surface area contributed by atoms with Crippen LogP contribution in [0.1, 0.15) is 83.5 Å². The maximum absolute atomic E-state index is 3.95. The van der Waals surface area contributed by atoms with E-state index in [0.717, 1.165) is 17.9 Å². The minimum atomic E-state index is 0.855. The van der Waals surface area contributed by atoms with E-state index in [9.17, 15) is 0 Å². The van der Waals surface area contributed by atoms with Crippen molar-refractivity contribution in [3.05, 3.63) is 0 Å². The normalized spacial score (nSPS) is 27.9. The molecule has 124 valence electrons. The third kappa shape index (κ3) is 6.52. The molecule has 1 nitrogen and oxygen atoms in total. The van der Waals surface area contributed by atoms with Crippen molar-refractivity contribution in [2.75, 3.05) is 18.6 Å². The first kappa shape index (κ1) is 17.7. The lowest BCUT2D eigenvalue weighted by atomic mass is 9.71. The molecule has 21 heavy (non-hydrogen) atoms. The van der Waals surface area contributed by atoms with Gasteiger partial charge in [-0.1, -0.05) is 57.8 Å². The maximum Gasteiger partial charge on any atom is 0.00979 e. The third-order valence-electron chi connectivity index (χ3n) is 5.76. The molecule has 1 N–H and O–H groups in total. The van der Waals surface area contributed by atoms with Crippen molar-refractivity contribution in [1.82, 2.24) is 5.32 Å². The Kier molecular flexibility index (Phi) is 9.20. The Morgan fingerprint density at radius 1 is 0.810 bits per heavy atom. The van der Waals surface area contributed by atoms with Crippen molar-refractivity contribution in [2.24, 2.45) is 11.8 Å². The van der Waals surface area contributed by atoms with E-state index in [0.29, 0.717) is 0 Å². The predicted molar refractivity (Wildman–Crippen MR) is 97.2 cm³/mol. The molecule has 0 aliphatic heterocycles. The molecule has 2 atom stereocenters. The number of hydrogen-bond donors (Lipinski definition) is 1. The van der Waals surface area contributed by atoms with Crippen LogP contribution in [0.3, 0.4) is 0 Å². The van der Waals surface area contributed by atoms with Gasteiger partial charge in [0.2, 0.25) is 0 Å². The number of nitrogens with one attached hydrogen (secondary N) is 1. The van der Waals surface area contributed by atoms with E-state index in [4.69, 9.17) is 0 Å². The molecule has 2 rings (SSSR count). The second kappa shape index (κ2) is 10.9. The van der Waals surface area contributed by atoms with Crippen LogP contribution in [-0.4, -0.2) is 24.6 Å². The van der Waals surface area contributed by atoms with E-state index in [-0.39, 0.29) is 0 Å². The van der Waals surface area contributed by atoms with Gasteiger partial charge in [-0.15, -0.1) is 0 Å². The highest BCUT2D eigenvalue weighted by Gasteiger charge is 2.31. The second-order valence-electron chi connectivity index (χ2n) is 7.31. The minimum absolute atomic E-state index is 0.855. The Bertz CT molecular complexity index is 250. The summed E-state index contributed by atoms with van der Waals surface area (Å²) in [5.41, 5.74) is 0. The van der Waals surface area contributed by atoms with Crippen molar-refractivity contribution in [2.45, 2.75) is 89.5 Å². The molecule has 2 fully saturated rings. The summed E-state index contributed by atoms with van der Waals surface area (Å²) in [6.45, 7) is 1.27. The lowest BCUT2D eigenvalue weighted by molar-refractivity contribution is 0.150. The van der Waals surface area contributed by atoms with E-state index in [1.54, 1.807) is 0 Å². The number of unbranched alkanes of at least 4 members (excludes halogenated alkanes) is 3. The molecule has 0 radical (unpaired) electrons. The topological polar surface area (TPSA) is 12.0 Å². The van der Waals surface area contributed by atoms with Gasteiger partial charge in [0.15, 0.2) is 0 Å². The minimum Gasteiger partial charge on any atom is -0.314 e. The Morgan fingerprint density at radius 2 is 1.52 bits per heavy atom. The summed E-state index contributed by atoms with van der Waals surface area (Å²) in [5, 5.41) is 3.95. The van der Waals surface area contributed by atoms with Crippen LogP contribution in [0.5, 0.6) is 0 Å². The zero-order chi connectivity index (χ0) is 14.8. The average molecular weight is 312 g/mol. The van der Waals surface area contributed by atoms with E-state index in [1.807, 2.05) is 11.8 Å². The second-order valence-corrected chi connectivity index (χ2v) is 8.30. The Balaban J connectivity index is 1.62. The van der Waals surface area contributed by atoms with Gasteiger partial charge in [0.25, 0.3) is 0 Å². The molecule has 0 amide bonds. The molecule has 0 bridgehead atoms. The average Bonchev–Trinajstić information content (AvgIpc) is 2.55.